The molecular formula is C19H24ClNO. The van der Waals surface area contributed by atoms with Crippen LogP contribution in [0.2, 0.25) is 5.02 Å². The number of ether oxygens (including phenoxy) is 1. The van der Waals surface area contributed by atoms with Crippen LogP contribution in [0.15, 0.2) is 42.5 Å². The number of rotatable bonds is 7. The Morgan fingerprint density at radius 1 is 1.14 bits per heavy atom. The van der Waals surface area contributed by atoms with Crippen molar-refractivity contribution in [3.8, 4) is 5.75 Å². The largest absolute Gasteiger partial charge is 0.489 e. The lowest BCUT2D eigenvalue weighted by molar-refractivity contribution is 0.301. The fourth-order valence-corrected chi connectivity index (χ4v) is 2.38. The summed E-state index contributed by atoms with van der Waals surface area (Å²) in [6.07, 6.45) is 1.10. The van der Waals surface area contributed by atoms with E-state index in [2.05, 4.69) is 38.2 Å². The molecule has 0 saturated carbocycles. The molecule has 2 aromatic rings. The Kier molecular flexibility index (Phi) is 6.29. The normalized spacial score (nSPS) is 12.2. The zero-order chi connectivity index (χ0) is 15.9. The van der Waals surface area contributed by atoms with Crippen LogP contribution < -0.4 is 10.1 Å². The standard InChI is InChI=1S/C19H24ClNO/c1-4-15(3)21-12-17-11-18(20)9-10-19(17)22-13-16-8-6-5-7-14(16)2/h5-11,15,21H,4,12-13H2,1-3H3/t15-/m0/s1. The second-order valence-electron chi connectivity index (χ2n) is 5.66. The minimum atomic E-state index is 0.475. The number of nitrogens with one attached hydrogen (secondary N) is 1. The van der Waals surface area contributed by atoms with Crippen molar-refractivity contribution in [1.82, 2.24) is 5.32 Å². The number of hydrogen-bond acceptors (Lipinski definition) is 2. The third-order valence-electron chi connectivity index (χ3n) is 3.92. The van der Waals surface area contributed by atoms with Gasteiger partial charge in [-0.3, -0.25) is 0 Å². The van der Waals surface area contributed by atoms with E-state index < -0.39 is 0 Å². The average Bonchev–Trinajstić information content (AvgIpc) is 2.53. The lowest BCUT2D eigenvalue weighted by Crippen LogP contribution is -2.24. The van der Waals surface area contributed by atoms with Gasteiger partial charge in [-0.05, 0) is 49.6 Å². The van der Waals surface area contributed by atoms with Gasteiger partial charge in [0.25, 0.3) is 0 Å². The van der Waals surface area contributed by atoms with Crippen molar-refractivity contribution >= 4 is 11.6 Å². The van der Waals surface area contributed by atoms with E-state index in [1.54, 1.807) is 0 Å². The van der Waals surface area contributed by atoms with Crippen LogP contribution >= 0.6 is 11.6 Å². The predicted octanol–water partition coefficient (Wildman–Crippen LogP) is 5.12. The van der Waals surface area contributed by atoms with Crippen LogP contribution in [0.1, 0.15) is 37.0 Å². The zero-order valence-electron chi connectivity index (χ0n) is 13.5. The molecule has 118 valence electrons. The molecule has 2 aromatic carbocycles. The molecule has 1 N–H and O–H groups in total. The van der Waals surface area contributed by atoms with E-state index in [1.165, 1.54) is 11.1 Å². The van der Waals surface area contributed by atoms with Crippen LogP contribution in [0.25, 0.3) is 0 Å². The van der Waals surface area contributed by atoms with Crippen LogP contribution in [-0.4, -0.2) is 6.04 Å². The van der Waals surface area contributed by atoms with Gasteiger partial charge in [-0.25, -0.2) is 0 Å². The summed E-state index contributed by atoms with van der Waals surface area (Å²) in [5.41, 5.74) is 3.55. The lowest BCUT2D eigenvalue weighted by Gasteiger charge is -2.16. The van der Waals surface area contributed by atoms with Crippen molar-refractivity contribution in [2.75, 3.05) is 0 Å². The summed E-state index contributed by atoms with van der Waals surface area (Å²) >= 11 is 6.13. The Hall–Kier alpha value is -1.51. The van der Waals surface area contributed by atoms with Crippen molar-refractivity contribution in [2.45, 2.75) is 46.4 Å². The Morgan fingerprint density at radius 2 is 1.91 bits per heavy atom. The highest BCUT2D eigenvalue weighted by molar-refractivity contribution is 6.30. The smallest absolute Gasteiger partial charge is 0.124 e. The number of halogens is 1. The maximum absolute atomic E-state index is 6.13. The van der Waals surface area contributed by atoms with Crippen LogP contribution in [0.4, 0.5) is 0 Å². The van der Waals surface area contributed by atoms with Gasteiger partial charge >= 0.3 is 0 Å². The maximum atomic E-state index is 6.13. The van der Waals surface area contributed by atoms with E-state index in [9.17, 15) is 0 Å². The summed E-state index contributed by atoms with van der Waals surface area (Å²) in [6.45, 7) is 7.79. The summed E-state index contributed by atoms with van der Waals surface area (Å²) in [5, 5.41) is 4.23. The fourth-order valence-electron chi connectivity index (χ4n) is 2.18. The third kappa shape index (κ3) is 4.75. The lowest BCUT2D eigenvalue weighted by atomic mass is 10.1. The van der Waals surface area contributed by atoms with Gasteiger partial charge in [0.2, 0.25) is 0 Å². The van der Waals surface area contributed by atoms with Gasteiger partial charge in [-0.2, -0.15) is 0 Å². The van der Waals surface area contributed by atoms with Crippen molar-refractivity contribution in [1.29, 1.82) is 0 Å². The van der Waals surface area contributed by atoms with Gasteiger partial charge in [0, 0.05) is 23.2 Å². The van der Waals surface area contributed by atoms with Crippen molar-refractivity contribution < 1.29 is 4.74 Å². The number of aryl methyl sites for hydroxylation is 1. The van der Waals surface area contributed by atoms with Crippen molar-refractivity contribution in [3.63, 3.8) is 0 Å². The van der Waals surface area contributed by atoms with E-state index in [4.69, 9.17) is 16.3 Å². The molecular weight excluding hydrogens is 294 g/mol. The maximum Gasteiger partial charge on any atom is 0.124 e. The molecule has 0 unspecified atom stereocenters. The molecule has 0 radical (unpaired) electrons. The van der Waals surface area contributed by atoms with Gasteiger partial charge in [0.1, 0.15) is 12.4 Å². The van der Waals surface area contributed by atoms with E-state index in [0.717, 1.165) is 29.3 Å². The predicted molar refractivity (Wildman–Crippen MR) is 93.6 cm³/mol. The molecule has 0 saturated heterocycles. The molecule has 0 bridgehead atoms. The fraction of sp³-hybridized carbons (Fsp3) is 0.368. The first-order valence-electron chi connectivity index (χ1n) is 7.79. The topological polar surface area (TPSA) is 21.3 Å². The van der Waals surface area contributed by atoms with E-state index in [-0.39, 0.29) is 0 Å². The molecule has 2 nitrogen and oxygen atoms in total. The summed E-state index contributed by atoms with van der Waals surface area (Å²) in [5.74, 6) is 0.892. The zero-order valence-corrected chi connectivity index (χ0v) is 14.3. The van der Waals surface area contributed by atoms with Crippen LogP contribution in [0, 0.1) is 6.92 Å². The summed E-state index contributed by atoms with van der Waals surface area (Å²) < 4.78 is 6.03. The first-order chi connectivity index (χ1) is 10.6. The number of benzene rings is 2. The summed E-state index contributed by atoms with van der Waals surface area (Å²) in [4.78, 5) is 0. The molecule has 0 aliphatic carbocycles. The Morgan fingerprint density at radius 3 is 2.64 bits per heavy atom. The number of hydrogen-bond donors (Lipinski definition) is 1. The van der Waals surface area contributed by atoms with Crippen LogP contribution in [0.3, 0.4) is 0 Å². The molecule has 2 rings (SSSR count). The van der Waals surface area contributed by atoms with Crippen molar-refractivity contribution in [2.24, 2.45) is 0 Å². The molecule has 3 heteroatoms. The molecule has 0 aliphatic rings. The minimum Gasteiger partial charge on any atom is -0.489 e. The highest BCUT2D eigenvalue weighted by Gasteiger charge is 2.07. The first-order valence-corrected chi connectivity index (χ1v) is 8.17. The van der Waals surface area contributed by atoms with Crippen molar-refractivity contribution in [3.05, 3.63) is 64.2 Å². The molecule has 1 atom stereocenters. The highest BCUT2D eigenvalue weighted by Crippen LogP contribution is 2.24. The third-order valence-corrected chi connectivity index (χ3v) is 4.16. The van der Waals surface area contributed by atoms with Gasteiger partial charge < -0.3 is 10.1 Å². The quantitative estimate of drug-likeness (QED) is 0.765. The SMILES string of the molecule is CC[C@H](C)NCc1cc(Cl)ccc1OCc1ccccc1C. The Balaban J connectivity index is 2.08. The molecule has 0 heterocycles. The molecule has 0 aromatic heterocycles. The van der Waals surface area contributed by atoms with E-state index >= 15 is 0 Å². The molecule has 22 heavy (non-hydrogen) atoms. The highest BCUT2D eigenvalue weighted by atomic mass is 35.5. The van der Waals surface area contributed by atoms with Gasteiger partial charge in [0.15, 0.2) is 0 Å². The Labute approximate surface area is 138 Å². The molecule has 0 aliphatic heterocycles. The first kappa shape index (κ1) is 16.9. The Bertz CT molecular complexity index is 612. The van der Waals surface area contributed by atoms with Crippen LogP contribution in [0.5, 0.6) is 5.75 Å². The van der Waals surface area contributed by atoms with E-state index in [1.807, 2.05) is 30.3 Å². The second-order valence-corrected chi connectivity index (χ2v) is 6.09. The van der Waals surface area contributed by atoms with Gasteiger partial charge in [-0.1, -0.05) is 42.8 Å². The minimum absolute atomic E-state index is 0.475. The molecule has 0 fully saturated rings. The average molecular weight is 318 g/mol. The van der Waals surface area contributed by atoms with Gasteiger partial charge in [-0.15, -0.1) is 0 Å². The monoisotopic (exact) mass is 317 g/mol. The summed E-state index contributed by atoms with van der Waals surface area (Å²) in [6, 6.07) is 14.6. The molecule has 0 amide bonds. The summed E-state index contributed by atoms with van der Waals surface area (Å²) in [7, 11) is 0. The van der Waals surface area contributed by atoms with E-state index in [0.29, 0.717) is 12.6 Å². The van der Waals surface area contributed by atoms with Gasteiger partial charge in [0.05, 0.1) is 0 Å². The molecule has 0 spiro atoms. The second kappa shape index (κ2) is 8.21. The van der Waals surface area contributed by atoms with Crippen LogP contribution in [-0.2, 0) is 13.2 Å².